The Bertz CT molecular complexity index is 756. The first-order chi connectivity index (χ1) is 10.5. The topological polar surface area (TPSA) is 32.7 Å². The van der Waals surface area contributed by atoms with E-state index in [9.17, 15) is 9.18 Å². The Morgan fingerprint density at radius 2 is 1.91 bits per heavy atom. The fraction of sp³-hybridized carbons (Fsp3) is 0.176. The van der Waals surface area contributed by atoms with Gasteiger partial charge in [-0.15, -0.1) is 0 Å². The summed E-state index contributed by atoms with van der Waals surface area (Å²) in [7, 11) is 0. The van der Waals surface area contributed by atoms with Crippen LogP contribution in [0.15, 0.2) is 47.6 Å². The van der Waals surface area contributed by atoms with E-state index in [1.54, 1.807) is 12.1 Å². The first-order valence-corrected chi connectivity index (χ1v) is 7.35. The van der Waals surface area contributed by atoms with E-state index in [0.29, 0.717) is 10.7 Å². The zero-order valence-electron chi connectivity index (χ0n) is 12.0. The van der Waals surface area contributed by atoms with Crippen molar-refractivity contribution >= 4 is 28.9 Å². The van der Waals surface area contributed by atoms with E-state index < -0.39 is 0 Å². The van der Waals surface area contributed by atoms with E-state index in [0.717, 1.165) is 29.7 Å². The molecule has 0 heterocycles. The summed E-state index contributed by atoms with van der Waals surface area (Å²) in [5.74, 6) is -0.567. The van der Waals surface area contributed by atoms with Gasteiger partial charge in [0.15, 0.2) is 0 Å². The molecule has 3 rings (SSSR count). The smallest absolute Gasteiger partial charge is 0.244 e. The molecule has 5 heteroatoms. The van der Waals surface area contributed by atoms with Crippen LogP contribution in [-0.4, -0.2) is 11.6 Å². The molecule has 0 spiro atoms. The average molecular weight is 317 g/mol. The van der Waals surface area contributed by atoms with Crippen LogP contribution in [0.5, 0.6) is 0 Å². The number of amides is 1. The fourth-order valence-electron chi connectivity index (χ4n) is 2.56. The number of carbonyl (C=O) groups excluding carboxylic acids is 1. The molecule has 0 fully saturated rings. The molecule has 0 saturated carbocycles. The number of carbonyl (C=O) groups is 1. The van der Waals surface area contributed by atoms with Crippen molar-refractivity contribution in [3.05, 3.63) is 64.4 Å². The zero-order valence-corrected chi connectivity index (χ0v) is 12.8. The lowest BCUT2D eigenvalue weighted by Crippen LogP contribution is -2.24. The number of rotatable bonds is 2. The van der Waals surface area contributed by atoms with Gasteiger partial charge in [0.1, 0.15) is 5.82 Å². The van der Waals surface area contributed by atoms with Gasteiger partial charge in [0.25, 0.3) is 0 Å². The van der Waals surface area contributed by atoms with Gasteiger partial charge in [-0.1, -0.05) is 17.7 Å². The van der Waals surface area contributed by atoms with Crippen LogP contribution < -0.4 is 5.01 Å². The molecule has 3 nitrogen and oxygen atoms in total. The number of hydrogen-bond acceptors (Lipinski definition) is 2. The number of hydrogen-bond donors (Lipinski definition) is 0. The summed E-state index contributed by atoms with van der Waals surface area (Å²) in [4.78, 5) is 11.9. The summed E-state index contributed by atoms with van der Waals surface area (Å²) in [5.41, 5.74) is 3.53. The first kappa shape index (κ1) is 14.7. The molecule has 1 amide bonds. The van der Waals surface area contributed by atoms with Gasteiger partial charge in [-0.25, -0.2) is 9.40 Å². The van der Waals surface area contributed by atoms with Gasteiger partial charge in [-0.3, -0.25) is 4.79 Å². The highest BCUT2D eigenvalue weighted by Gasteiger charge is 2.20. The quantitative estimate of drug-likeness (QED) is 0.765. The molecule has 0 aliphatic heterocycles. The lowest BCUT2D eigenvalue weighted by Gasteiger charge is -2.16. The monoisotopic (exact) mass is 316 g/mol. The summed E-state index contributed by atoms with van der Waals surface area (Å²) < 4.78 is 13.0. The molecule has 1 aliphatic rings. The SMILES string of the molecule is CC(=O)N(N=C1CCc2cc(Cl)ccc21)c1ccc(F)cc1. The van der Waals surface area contributed by atoms with Crippen molar-refractivity contribution in [1.29, 1.82) is 0 Å². The number of benzene rings is 2. The van der Waals surface area contributed by atoms with Crippen LogP contribution in [0, 0.1) is 5.82 Å². The normalized spacial score (nSPS) is 15.0. The minimum Gasteiger partial charge on any atom is -0.273 e. The molecular formula is C17H14ClFN2O. The molecule has 2 aromatic rings. The Morgan fingerprint density at radius 3 is 2.59 bits per heavy atom. The highest BCUT2D eigenvalue weighted by Crippen LogP contribution is 2.27. The Hall–Kier alpha value is -2.20. The number of hydrazone groups is 1. The predicted octanol–water partition coefficient (Wildman–Crippen LogP) is 4.18. The number of aryl methyl sites for hydroxylation is 1. The van der Waals surface area contributed by atoms with Crippen molar-refractivity contribution in [3.63, 3.8) is 0 Å². The Morgan fingerprint density at radius 1 is 1.18 bits per heavy atom. The van der Waals surface area contributed by atoms with Gasteiger partial charge in [-0.2, -0.15) is 5.10 Å². The highest BCUT2D eigenvalue weighted by molar-refractivity contribution is 6.30. The van der Waals surface area contributed by atoms with Crippen LogP contribution in [0.4, 0.5) is 10.1 Å². The van der Waals surface area contributed by atoms with E-state index in [1.807, 2.05) is 18.2 Å². The third kappa shape index (κ3) is 2.88. The van der Waals surface area contributed by atoms with Crippen molar-refractivity contribution < 1.29 is 9.18 Å². The van der Waals surface area contributed by atoms with Crippen LogP contribution in [0.25, 0.3) is 0 Å². The van der Waals surface area contributed by atoms with E-state index in [1.165, 1.54) is 24.1 Å². The third-order valence-electron chi connectivity index (χ3n) is 3.60. The van der Waals surface area contributed by atoms with Gasteiger partial charge >= 0.3 is 0 Å². The molecule has 0 saturated heterocycles. The summed E-state index contributed by atoms with van der Waals surface area (Å²) in [6.07, 6.45) is 1.60. The predicted molar refractivity (Wildman–Crippen MR) is 85.9 cm³/mol. The molecule has 112 valence electrons. The third-order valence-corrected chi connectivity index (χ3v) is 3.83. The molecule has 0 radical (unpaired) electrons. The Labute approximate surface area is 133 Å². The number of halogens is 2. The summed E-state index contributed by atoms with van der Waals surface area (Å²) in [5, 5.41) is 6.48. The fourth-order valence-corrected chi connectivity index (χ4v) is 2.75. The van der Waals surface area contributed by atoms with Crippen molar-refractivity contribution in [2.75, 3.05) is 5.01 Å². The standard InChI is InChI=1S/C17H14ClFN2O/c1-11(22)21(15-6-4-14(19)5-7-15)20-17-9-2-12-10-13(18)3-8-16(12)17/h3-8,10H,2,9H2,1H3. The first-order valence-electron chi connectivity index (χ1n) is 6.97. The van der Waals surface area contributed by atoms with Crippen LogP contribution in [0.1, 0.15) is 24.5 Å². The van der Waals surface area contributed by atoms with Crippen LogP contribution in [-0.2, 0) is 11.2 Å². The van der Waals surface area contributed by atoms with E-state index in [-0.39, 0.29) is 11.7 Å². The minimum absolute atomic E-state index is 0.221. The maximum atomic E-state index is 13.0. The van der Waals surface area contributed by atoms with Crippen molar-refractivity contribution in [1.82, 2.24) is 0 Å². The minimum atomic E-state index is -0.347. The largest absolute Gasteiger partial charge is 0.273 e. The molecule has 0 aromatic heterocycles. The van der Waals surface area contributed by atoms with E-state index in [4.69, 9.17) is 11.6 Å². The Balaban J connectivity index is 1.99. The molecular weight excluding hydrogens is 303 g/mol. The lowest BCUT2D eigenvalue weighted by atomic mass is 10.1. The van der Waals surface area contributed by atoms with Crippen LogP contribution in [0.3, 0.4) is 0 Å². The molecule has 22 heavy (non-hydrogen) atoms. The van der Waals surface area contributed by atoms with E-state index in [2.05, 4.69) is 5.10 Å². The summed E-state index contributed by atoms with van der Waals surface area (Å²) in [6, 6.07) is 11.4. The second kappa shape index (κ2) is 5.89. The molecule has 1 aliphatic carbocycles. The van der Waals surface area contributed by atoms with Gasteiger partial charge in [0.05, 0.1) is 11.4 Å². The Kier molecular flexibility index (Phi) is 3.94. The highest BCUT2D eigenvalue weighted by atomic mass is 35.5. The lowest BCUT2D eigenvalue weighted by molar-refractivity contribution is -0.116. The second-order valence-electron chi connectivity index (χ2n) is 5.16. The van der Waals surface area contributed by atoms with Crippen molar-refractivity contribution in [3.8, 4) is 0 Å². The average Bonchev–Trinajstić information content (AvgIpc) is 2.87. The maximum absolute atomic E-state index is 13.0. The van der Waals surface area contributed by atoms with Gasteiger partial charge < -0.3 is 0 Å². The van der Waals surface area contributed by atoms with Crippen LogP contribution >= 0.6 is 11.6 Å². The van der Waals surface area contributed by atoms with E-state index >= 15 is 0 Å². The van der Waals surface area contributed by atoms with Gasteiger partial charge in [0.2, 0.25) is 5.91 Å². The number of fused-ring (bicyclic) bond motifs is 1. The van der Waals surface area contributed by atoms with Gasteiger partial charge in [0, 0.05) is 17.5 Å². The number of anilines is 1. The number of nitrogens with zero attached hydrogens (tertiary/aromatic N) is 2. The zero-order chi connectivity index (χ0) is 15.7. The van der Waals surface area contributed by atoms with Crippen molar-refractivity contribution in [2.24, 2.45) is 5.10 Å². The molecule has 2 aromatic carbocycles. The second-order valence-corrected chi connectivity index (χ2v) is 5.59. The molecule has 0 bridgehead atoms. The van der Waals surface area contributed by atoms with Crippen LogP contribution in [0.2, 0.25) is 5.02 Å². The van der Waals surface area contributed by atoms with Gasteiger partial charge in [-0.05, 0) is 54.8 Å². The molecule has 0 atom stereocenters. The molecule has 0 N–H and O–H groups in total. The molecule has 0 unspecified atom stereocenters. The van der Waals surface area contributed by atoms with Crippen molar-refractivity contribution in [2.45, 2.75) is 19.8 Å². The summed E-state index contributed by atoms with van der Waals surface area (Å²) >= 11 is 6.00. The maximum Gasteiger partial charge on any atom is 0.244 e. The summed E-state index contributed by atoms with van der Waals surface area (Å²) in [6.45, 7) is 1.44.